The van der Waals surface area contributed by atoms with Crippen molar-refractivity contribution in [1.29, 1.82) is 0 Å². The first-order valence-corrected chi connectivity index (χ1v) is 3.47. The van der Waals surface area contributed by atoms with E-state index in [1.54, 1.807) is 0 Å². The summed E-state index contributed by atoms with van der Waals surface area (Å²) in [6.07, 6.45) is 1.36. The van der Waals surface area contributed by atoms with E-state index in [-0.39, 0.29) is 18.4 Å². The average Bonchev–Trinajstić information content (AvgIpc) is 1.88. The first-order valence-electron chi connectivity index (χ1n) is 3.47. The lowest BCUT2D eigenvalue weighted by Gasteiger charge is -2.06. The third-order valence-corrected chi connectivity index (χ3v) is 1.40. The molecule has 0 aromatic rings. The molecule has 1 atom stereocenters. The smallest absolute Gasteiger partial charge is 0.305 e. The van der Waals surface area contributed by atoms with Crippen LogP contribution in [0.15, 0.2) is 0 Å². The van der Waals surface area contributed by atoms with E-state index < -0.39 is 0 Å². The molecule has 0 radical (unpaired) electrons. The highest BCUT2D eigenvalue weighted by atomic mass is 35.5. The van der Waals surface area contributed by atoms with E-state index >= 15 is 0 Å². The van der Waals surface area contributed by atoms with Crippen LogP contribution < -0.4 is 5.73 Å². The molecule has 11 heavy (non-hydrogen) atoms. The van der Waals surface area contributed by atoms with Crippen molar-refractivity contribution < 1.29 is 9.53 Å². The molecule has 68 valence electrons. The number of hydrogen-bond donors (Lipinski definition) is 1. The summed E-state index contributed by atoms with van der Waals surface area (Å²) < 4.78 is 4.49. The molecule has 0 aromatic carbocycles. The molecule has 2 N–H and O–H groups in total. The van der Waals surface area contributed by atoms with Crippen molar-refractivity contribution in [3.63, 3.8) is 0 Å². The topological polar surface area (TPSA) is 52.3 Å². The fraction of sp³-hybridized carbons (Fsp3) is 0.857. The lowest BCUT2D eigenvalue weighted by Crippen LogP contribution is -2.11. The van der Waals surface area contributed by atoms with Gasteiger partial charge >= 0.3 is 5.97 Å². The molecule has 0 spiro atoms. The summed E-state index contributed by atoms with van der Waals surface area (Å²) >= 11 is 0. The van der Waals surface area contributed by atoms with Crippen LogP contribution in [0.4, 0.5) is 0 Å². The van der Waals surface area contributed by atoms with E-state index in [0.29, 0.717) is 18.9 Å². The molecular formula is C7H16ClNO2. The molecule has 0 fully saturated rings. The molecule has 0 aromatic heterocycles. The van der Waals surface area contributed by atoms with Crippen LogP contribution in [-0.4, -0.2) is 19.6 Å². The first-order chi connectivity index (χ1) is 4.70. The molecule has 4 heteroatoms. The summed E-state index contributed by atoms with van der Waals surface area (Å²) in [6.45, 7) is 2.63. The van der Waals surface area contributed by atoms with Crippen molar-refractivity contribution in [2.45, 2.75) is 19.8 Å². The Morgan fingerprint density at radius 1 is 1.64 bits per heavy atom. The van der Waals surface area contributed by atoms with Gasteiger partial charge in [0.15, 0.2) is 0 Å². The molecule has 0 aliphatic rings. The van der Waals surface area contributed by atoms with E-state index in [9.17, 15) is 4.79 Å². The summed E-state index contributed by atoms with van der Waals surface area (Å²) in [5.74, 6) is 0.193. The van der Waals surface area contributed by atoms with Crippen LogP contribution in [0.2, 0.25) is 0 Å². The Balaban J connectivity index is 0. The number of rotatable bonds is 4. The Morgan fingerprint density at radius 2 is 2.18 bits per heavy atom. The SMILES string of the molecule is COC(=O)C[C@H](C)CCN.Cl. The summed E-state index contributed by atoms with van der Waals surface area (Å²) in [5.41, 5.74) is 5.29. The second kappa shape index (κ2) is 7.82. The van der Waals surface area contributed by atoms with Gasteiger partial charge in [0.2, 0.25) is 0 Å². The second-order valence-electron chi connectivity index (χ2n) is 2.46. The lowest BCUT2D eigenvalue weighted by atomic mass is 10.0. The third kappa shape index (κ3) is 7.62. The minimum atomic E-state index is -0.152. The predicted molar refractivity (Wildman–Crippen MR) is 46.7 cm³/mol. The van der Waals surface area contributed by atoms with Crippen molar-refractivity contribution in [1.82, 2.24) is 0 Å². The van der Waals surface area contributed by atoms with Gasteiger partial charge in [-0.2, -0.15) is 0 Å². The van der Waals surface area contributed by atoms with Crippen LogP contribution in [0.5, 0.6) is 0 Å². The minimum Gasteiger partial charge on any atom is -0.469 e. The van der Waals surface area contributed by atoms with Crippen molar-refractivity contribution in [3.05, 3.63) is 0 Å². The van der Waals surface area contributed by atoms with Gasteiger partial charge in [0, 0.05) is 6.42 Å². The van der Waals surface area contributed by atoms with Crippen LogP contribution in [0.3, 0.4) is 0 Å². The first kappa shape index (κ1) is 13.3. The van der Waals surface area contributed by atoms with Gasteiger partial charge in [-0.05, 0) is 18.9 Å². The normalized spacial score (nSPS) is 11.5. The van der Waals surface area contributed by atoms with Gasteiger partial charge in [-0.25, -0.2) is 0 Å². The maximum absolute atomic E-state index is 10.6. The highest BCUT2D eigenvalue weighted by Gasteiger charge is 2.06. The number of methoxy groups -OCH3 is 1. The Hall–Kier alpha value is -0.280. The molecule has 0 amide bonds. The monoisotopic (exact) mass is 181 g/mol. The van der Waals surface area contributed by atoms with Crippen LogP contribution in [0, 0.1) is 5.92 Å². The van der Waals surface area contributed by atoms with Gasteiger partial charge < -0.3 is 10.5 Å². The van der Waals surface area contributed by atoms with Gasteiger partial charge in [0.1, 0.15) is 0 Å². The van der Waals surface area contributed by atoms with Gasteiger partial charge in [-0.1, -0.05) is 6.92 Å². The molecule has 0 saturated carbocycles. The quantitative estimate of drug-likeness (QED) is 0.658. The Labute approximate surface area is 73.7 Å². The zero-order valence-corrected chi connectivity index (χ0v) is 7.82. The second-order valence-corrected chi connectivity index (χ2v) is 2.46. The maximum atomic E-state index is 10.6. The molecule has 0 rings (SSSR count). The predicted octanol–water partition coefficient (Wildman–Crippen LogP) is 0.956. The summed E-state index contributed by atoms with van der Waals surface area (Å²) in [4.78, 5) is 10.6. The highest BCUT2D eigenvalue weighted by molar-refractivity contribution is 5.85. The Kier molecular flexibility index (Phi) is 9.47. The molecule has 0 heterocycles. The zero-order valence-electron chi connectivity index (χ0n) is 7.00. The fourth-order valence-corrected chi connectivity index (χ4v) is 0.754. The number of carbonyl (C=O) groups excluding carboxylic acids is 1. The van der Waals surface area contributed by atoms with Crippen molar-refractivity contribution in [2.75, 3.05) is 13.7 Å². The van der Waals surface area contributed by atoms with Crippen LogP contribution in [0.25, 0.3) is 0 Å². The van der Waals surface area contributed by atoms with Crippen LogP contribution in [0.1, 0.15) is 19.8 Å². The summed E-state index contributed by atoms with van der Waals surface area (Å²) in [7, 11) is 1.40. The van der Waals surface area contributed by atoms with Gasteiger partial charge in [0.25, 0.3) is 0 Å². The van der Waals surface area contributed by atoms with Gasteiger partial charge in [-0.15, -0.1) is 12.4 Å². The minimum absolute atomic E-state index is 0. The summed E-state index contributed by atoms with van der Waals surface area (Å²) in [5, 5.41) is 0. The van der Waals surface area contributed by atoms with E-state index in [1.807, 2.05) is 6.92 Å². The highest BCUT2D eigenvalue weighted by Crippen LogP contribution is 2.05. The number of halogens is 1. The van der Waals surface area contributed by atoms with Crippen molar-refractivity contribution in [2.24, 2.45) is 11.7 Å². The van der Waals surface area contributed by atoms with Gasteiger partial charge in [0.05, 0.1) is 7.11 Å². The molecule has 0 bridgehead atoms. The van der Waals surface area contributed by atoms with Gasteiger partial charge in [-0.3, -0.25) is 4.79 Å². The van der Waals surface area contributed by atoms with Crippen molar-refractivity contribution >= 4 is 18.4 Å². The molecule has 0 unspecified atom stereocenters. The Bertz CT molecular complexity index is 109. The number of esters is 1. The number of hydrogen-bond acceptors (Lipinski definition) is 3. The maximum Gasteiger partial charge on any atom is 0.305 e. The molecular weight excluding hydrogens is 166 g/mol. The largest absolute Gasteiger partial charge is 0.469 e. The standard InChI is InChI=1S/C7H15NO2.ClH/c1-6(3-4-8)5-7(9)10-2;/h6H,3-5,8H2,1-2H3;1H/t6-;/m1./s1. The lowest BCUT2D eigenvalue weighted by molar-refractivity contribution is -0.141. The molecule has 0 aliphatic carbocycles. The van der Waals surface area contributed by atoms with Crippen molar-refractivity contribution in [3.8, 4) is 0 Å². The Morgan fingerprint density at radius 3 is 2.55 bits per heavy atom. The number of carbonyl (C=O) groups is 1. The molecule has 0 saturated heterocycles. The molecule has 3 nitrogen and oxygen atoms in total. The number of nitrogens with two attached hydrogens (primary N) is 1. The fourth-order valence-electron chi connectivity index (χ4n) is 0.754. The van der Waals surface area contributed by atoms with Crippen LogP contribution >= 0.6 is 12.4 Å². The molecule has 0 aliphatic heterocycles. The third-order valence-electron chi connectivity index (χ3n) is 1.40. The van der Waals surface area contributed by atoms with Crippen LogP contribution in [-0.2, 0) is 9.53 Å². The van der Waals surface area contributed by atoms with E-state index in [1.165, 1.54) is 7.11 Å². The number of ether oxygens (including phenoxy) is 1. The average molecular weight is 182 g/mol. The van der Waals surface area contributed by atoms with E-state index in [4.69, 9.17) is 5.73 Å². The van der Waals surface area contributed by atoms with E-state index in [0.717, 1.165) is 6.42 Å². The summed E-state index contributed by atoms with van der Waals surface area (Å²) in [6, 6.07) is 0. The van der Waals surface area contributed by atoms with E-state index in [2.05, 4.69) is 4.74 Å². The zero-order chi connectivity index (χ0) is 7.98.